The maximum absolute atomic E-state index is 12.9. The summed E-state index contributed by atoms with van der Waals surface area (Å²) < 4.78 is 27.3. The second-order valence-electron chi connectivity index (χ2n) is 6.87. The van der Waals surface area contributed by atoms with Crippen LogP contribution >= 0.6 is 11.6 Å². The van der Waals surface area contributed by atoms with Gasteiger partial charge in [-0.15, -0.1) is 0 Å². The van der Waals surface area contributed by atoms with Gasteiger partial charge in [0, 0.05) is 19.1 Å². The Labute approximate surface area is 175 Å². The molecule has 1 fully saturated rings. The number of aryl methyl sites for hydroxylation is 1. The van der Waals surface area contributed by atoms with Gasteiger partial charge in [0.25, 0.3) is 0 Å². The standard InChI is InChI=1S/C20H22ClN3O4S/c1-14-8-10-16(11-9-14)29(27,28)24-12-4-5-15(24)13-22-19(25)20(26)23-18-7-3-2-6-17(18)21/h2-3,6-11,15H,4-5,12-13H2,1H3,(H,22,25)(H,23,26)/t15-/m0/s1. The Hall–Kier alpha value is -2.42. The van der Waals surface area contributed by atoms with Crippen LogP contribution in [0.25, 0.3) is 0 Å². The molecule has 0 unspecified atom stereocenters. The molecule has 1 aliphatic heterocycles. The van der Waals surface area contributed by atoms with Crippen LogP contribution in [0.3, 0.4) is 0 Å². The first kappa shape index (κ1) is 21.3. The molecule has 7 nitrogen and oxygen atoms in total. The van der Waals surface area contributed by atoms with Gasteiger partial charge in [-0.3, -0.25) is 9.59 Å². The molecule has 0 spiro atoms. The monoisotopic (exact) mass is 435 g/mol. The molecule has 2 amide bonds. The Morgan fingerprint density at radius 2 is 1.79 bits per heavy atom. The maximum atomic E-state index is 12.9. The molecular weight excluding hydrogens is 414 g/mol. The topological polar surface area (TPSA) is 95.6 Å². The van der Waals surface area contributed by atoms with Crippen LogP contribution in [-0.2, 0) is 19.6 Å². The van der Waals surface area contributed by atoms with Crippen LogP contribution in [0.2, 0.25) is 5.02 Å². The van der Waals surface area contributed by atoms with Gasteiger partial charge in [0.15, 0.2) is 0 Å². The van der Waals surface area contributed by atoms with E-state index < -0.39 is 27.9 Å². The first-order valence-electron chi connectivity index (χ1n) is 9.21. The van der Waals surface area contributed by atoms with Crippen molar-refractivity contribution in [1.82, 2.24) is 9.62 Å². The minimum atomic E-state index is -3.66. The van der Waals surface area contributed by atoms with E-state index in [0.717, 1.165) is 5.56 Å². The number of hydrogen-bond donors (Lipinski definition) is 2. The third-order valence-corrected chi connectivity index (χ3v) is 7.07. The number of sulfonamides is 1. The number of carbonyl (C=O) groups is 2. The molecular formula is C20H22ClN3O4S. The predicted molar refractivity (Wildman–Crippen MR) is 111 cm³/mol. The summed E-state index contributed by atoms with van der Waals surface area (Å²) in [5, 5.41) is 5.29. The number of rotatable bonds is 5. The Kier molecular flexibility index (Phi) is 6.56. The average molecular weight is 436 g/mol. The third kappa shape index (κ3) is 4.95. The second kappa shape index (κ2) is 8.94. The number of halogens is 1. The van der Waals surface area contributed by atoms with Crippen LogP contribution in [0.15, 0.2) is 53.4 Å². The zero-order valence-electron chi connectivity index (χ0n) is 15.9. The van der Waals surface area contributed by atoms with Crippen molar-refractivity contribution in [2.75, 3.05) is 18.4 Å². The van der Waals surface area contributed by atoms with Crippen LogP contribution < -0.4 is 10.6 Å². The van der Waals surface area contributed by atoms with Crippen molar-refractivity contribution >= 4 is 39.1 Å². The van der Waals surface area contributed by atoms with Crippen molar-refractivity contribution in [3.63, 3.8) is 0 Å². The van der Waals surface area contributed by atoms with Crippen LogP contribution in [0.5, 0.6) is 0 Å². The van der Waals surface area contributed by atoms with Crippen molar-refractivity contribution in [3.05, 3.63) is 59.1 Å². The lowest BCUT2D eigenvalue weighted by Crippen LogP contribution is -2.45. The van der Waals surface area contributed by atoms with Gasteiger partial charge in [0.05, 0.1) is 15.6 Å². The zero-order valence-corrected chi connectivity index (χ0v) is 17.5. The highest BCUT2D eigenvalue weighted by molar-refractivity contribution is 7.89. The van der Waals surface area contributed by atoms with Crippen molar-refractivity contribution in [1.29, 1.82) is 0 Å². The molecule has 0 aromatic heterocycles. The fraction of sp³-hybridized carbons (Fsp3) is 0.300. The number of nitrogens with zero attached hydrogens (tertiary/aromatic N) is 1. The third-order valence-electron chi connectivity index (χ3n) is 4.78. The van der Waals surface area contributed by atoms with E-state index >= 15 is 0 Å². The summed E-state index contributed by atoms with van der Waals surface area (Å²) in [5.74, 6) is -1.70. The van der Waals surface area contributed by atoms with E-state index in [2.05, 4.69) is 10.6 Å². The minimum Gasteiger partial charge on any atom is -0.346 e. The van der Waals surface area contributed by atoms with Gasteiger partial charge in [-0.25, -0.2) is 8.42 Å². The summed E-state index contributed by atoms with van der Waals surface area (Å²) in [4.78, 5) is 24.5. The summed E-state index contributed by atoms with van der Waals surface area (Å²) in [6.45, 7) is 2.32. The van der Waals surface area contributed by atoms with E-state index in [1.165, 1.54) is 4.31 Å². The highest BCUT2D eigenvalue weighted by Gasteiger charge is 2.35. The SMILES string of the molecule is Cc1ccc(S(=O)(=O)N2CCC[C@H]2CNC(=O)C(=O)Nc2ccccc2Cl)cc1. The number of hydrogen-bond acceptors (Lipinski definition) is 4. The molecule has 0 bridgehead atoms. The largest absolute Gasteiger partial charge is 0.346 e. The van der Waals surface area contributed by atoms with E-state index in [0.29, 0.717) is 30.1 Å². The quantitative estimate of drug-likeness (QED) is 0.705. The molecule has 29 heavy (non-hydrogen) atoms. The Morgan fingerprint density at radius 3 is 2.48 bits per heavy atom. The van der Waals surface area contributed by atoms with E-state index in [1.807, 2.05) is 6.92 Å². The van der Waals surface area contributed by atoms with Crippen molar-refractivity contribution in [2.45, 2.75) is 30.7 Å². The highest BCUT2D eigenvalue weighted by Crippen LogP contribution is 2.26. The van der Waals surface area contributed by atoms with Crippen molar-refractivity contribution in [2.24, 2.45) is 0 Å². The molecule has 154 valence electrons. The molecule has 2 aromatic rings. The number of anilines is 1. The predicted octanol–water partition coefficient (Wildman–Crippen LogP) is 2.56. The summed E-state index contributed by atoms with van der Waals surface area (Å²) in [6.07, 6.45) is 1.30. The number of amides is 2. The fourth-order valence-electron chi connectivity index (χ4n) is 3.21. The van der Waals surface area contributed by atoms with Crippen LogP contribution in [0.4, 0.5) is 5.69 Å². The lowest BCUT2D eigenvalue weighted by molar-refractivity contribution is -0.136. The molecule has 1 aliphatic rings. The lowest BCUT2D eigenvalue weighted by atomic mass is 10.2. The van der Waals surface area contributed by atoms with Gasteiger partial charge < -0.3 is 10.6 Å². The summed E-state index contributed by atoms with van der Waals surface area (Å²) in [7, 11) is -3.66. The molecule has 0 saturated carbocycles. The number of nitrogens with one attached hydrogen (secondary N) is 2. The maximum Gasteiger partial charge on any atom is 0.313 e. The van der Waals surface area contributed by atoms with Gasteiger partial charge in [-0.2, -0.15) is 4.31 Å². The van der Waals surface area contributed by atoms with Crippen molar-refractivity contribution in [3.8, 4) is 0 Å². The van der Waals surface area contributed by atoms with Gasteiger partial charge in [-0.05, 0) is 44.0 Å². The summed E-state index contributed by atoms with van der Waals surface area (Å²) in [6, 6.07) is 12.8. The molecule has 2 N–H and O–H groups in total. The Morgan fingerprint density at radius 1 is 1.10 bits per heavy atom. The van der Waals surface area contributed by atoms with Crippen LogP contribution in [-0.4, -0.2) is 43.7 Å². The van der Waals surface area contributed by atoms with Crippen molar-refractivity contribution < 1.29 is 18.0 Å². The molecule has 1 saturated heterocycles. The molecule has 3 rings (SSSR count). The lowest BCUT2D eigenvalue weighted by Gasteiger charge is -2.24. The zero-order chi connectivity index (χ0) is 21.0. The Balaban J connectivity index is 1.62. The number of benzene rings is 2. The van der Waals surface area contributed by atoms with Gasteiger partial charge in [0.2, 0.25) is 10.0 Å². The van der Waals surface area contributed by atoms with E-state index in [-0.39, 0.29) is 11.4 Å². The molecule has 2 aromatic carbocycles. The molecule has 1 heterocycles. The first-order valence-corrected chi connectivity index (χ1v) is 11.0. The molecule has 0 radical (unpaired) electrons. The van der Waals surface area contributed by atoms with Crippen LogP contribution in [0, 0.1) is 6.92 Å². The molecule has 9 heteroatoms. The average Bonchev–Trinajstić information content (AvgIpc) is 3.17. The minimum absolute atomic E-state index is 0.0554. The van der Waals surface area contributed by atoms with E-state index in [9.17, 15) is 18.0 Å². The summed E-state index contributed by atoms with van der Waals surface area (Å²) >= 11 is 5.97. The van der Waals surface area contributed by atoms with Gasteiger partial charge in [0.1, 0.15) is 0 Å². The normalized spacial score (nSPS) is 17.1. The van der Waals surface area contributed by atoms with Gasteiger partial charge >= 0.3 is 11.8 Å². The second-order valence-corrected chi connectivity index (χ2v) is 9.17. The fourth-order valence-corrected chi connectivity index (χ4v) is 5.08. The molecule has 0 aliphatic carbocycles. The highest BCUT2D eigenvalue weighted by atomic mass is 35.5. The molecule has 1 atom stereocenters. The smallest absolute Gasteiger partial charge is 0.313 e. The van der Waals surface area contributed by atoms with E-state index in [1.54, 1.807) is 48.5 Å². The van der Waals surface area contributed by atoms with Crippen LogP contribution in [0.1, 0.15) is 18.4 Å². The van der Waals surface area contributed by atoms with E-state index in [4.69, 9.17) is 11.6 Å². The van der Waals surface area contributed by atoms with Gasteiger partial charge in [-0.1, -0.05) is 41.4 Å². The first-order chi connectivity index (χ1) is 13.8. The summed E-state index contributed by atoms with van der Waals surface area (Å²) in [5.41, 5.74) is 1.30. The Bertz CT molecular complexity index is 1010. The number of carbonyl (C=O) groups excluding carboxylic acids is 2. The number of para-hydroxylation sites is 1.